The Kier molecular flexibility index (Phi) is 5.02. The minimum atomic E-state index is -2.89. The number of aryl methyl sites for hydroxylation is 1. The van der Waals surface area contributed by atoms with Crippen LogP contribution in [0.5, 0.6) is 11.5 Å². The fourth-order valence-electron chi connectivity index (χ4n) is 2.11. The lowest BCUT2D eigenvalue weighted by atomic mass is 10.0. The van der Waals surface area contributed by atoms with Gasteiger partial charge >= 0.3 is 6.61 Å². The quantitative estimate of drug-likeness (QED) is 0.729. The van der Waals surface area contributed by atoms with E-state index in [4.69, 9.17) is 16.3 Å². The summed E-state index contributed by atoms with van der Waals surface area (Å²) in [6.07, 6.45) is 0. The molecule has 112 valence electrons. The highest BCUT2D eigenvalue weighted by Crippen LogP contribution is 2.39. The molecule has 2 nitrogen and oxygen atoms in total. The van der Waals surface area contributed by atoms with Crippen molar-refractivity contribution in [1.29, 1.82) is 0 Å². The Labute approximate surface area is 127 Å². The predicted molar refractivity (Wildman–Crippen MR) is 78.5 cm³/mol. The molecule has 0 heterocycles. The Hall–Kier alpha value is -1.81. The molecule has 1 atom stereocenters. The fourth-order valence-corrected chi connectivity index (χ4v) is 2.46. The van der Waals surface area contributed by atoms with Crippen molar-refractivity contribution in [2.24, 2.45) is 0 Å². The molecule has 0 saturated carbocycles. The smallest absolute Gasteiger partial charge is 0.387 e. The summed E-state index contributed by atoms with van der Waals surface area (Å²) in [6, 6.07) is 12.1. The molecule has 0 aromatic heterocycles. The van der Waals surface area contributed by atoms with Gasteiger partial charge in [0.2, 0.25) is 0 Å². The van der Waals surface area contributed by atoms with Crippen molar-refractivity contribution in [2.45, 2.75) is 18.9 Å². The second-order valence-corrected chi connectivity index (χ2v) is 4.96. The highest BCUT2D eigenvalue weighted by molar-refractivity contribution is 6.23. The van der Waals surface area contributed by atoms with E-state index in [2.05, 4.69) is 4.74 Å². The Morgan fingerprint density at radius 3 is 2.38 bits per heavy atom. The van der Waals surface area contributed by atoms with Gasteiger partial charge in [0.25, 0.3) is 0 Å². The lowest BCUT2D eigenvalue weighted by molar-refractivity contribution is -0.0504. The first-order valence-electron chi connectivity index (χ1n) is 6.35. The SMILES string of the molecule is COc1ccc(C)cc1C(Cl)c1ccccc1OC(F)F. The summed E-state index contributed by atoms with van der Waals surface area (Å²) in [7, 11) is 1.54. The molecule has 2 rings (SSSR count). The first kappa shape index (κ1) is 15.6. The zero-order valence-electron chi connectivity index (χ0n) is 11.6. The van der Waals surface area contributed by atoms with Crippen molar-refractivity contribution in [3.05, 3.63) is 59.2 Å². The van der Waals surface area contributed by atoms with Crippen molar-refractivity contribution >= 4 is 11.6 Å². The predicted octanol–water partition coefficient (Wildman–Crippen LogP) is 4.93. The minimum absolute atomic E-state index is 0.0658. The molecular weight excluding hydrogens is 298 g/mol. The number of hydrogen-bond donors (Lipinski definition) is 0. The summed E-state index contributed by atoms with van der Waals surface area (Å²) in [6.45, 7) is -0.969. The second kappa shape index (κ2) is 6.76. The first-order chi connectivity index (χ1) is 10.0. The summed E-state index contributed by atoms with van der Waals surface area (Å²) in [5, 5.41) is -0.644. The third kappa shape index (κ3) is 3.64. The zero-order chi connectivity index (χ0) is 15.4. The molecule has 0 N–H and O–H groups in total. The van der Waals surface area contributed by atoms with Crippen LogP contribution < -0.4 is 9.47 Å². The molecule has 0 bridgehead atoms. The highest BCUT2D eigenvalue weighted by Gasteiger charge is 2.21. The van der Waals surface area contributed by atoms with Crippen LogP contribution >= 0.6 is 11.6 Å². The molecule has 1 unspecified atom stereocenters. The molecule has 0 amide bonds. The number of para-hydroxylation sites is 1. The Balaban J connectivity index is 2.45. The third-order valence-corrected chi connectivity index (χ3v) is 3.54. The van der Waals surface area contributed by atoms with Crippen molar-refractivity contribution in [2.75, 3.05) is 7.11 Å². The van der Waals surface area contributed by atoms with Gasteiger partial charge in [0.15, 0.2) is 0 Å². The van der Waals surface area contributed by atoms with Crippen LogP contribution in [0.15, 0.2) is 42.5 Å². The van der Waals surface area contributed by atoms with Gasteiger partial charge in [-0.3, -0.25) is 0 Å². The number of methoxy groups -OCH3 is 1. The van der Waals surface area contributed by atoms with E-state index < -0.39 is 12.0 Å². The highest BCUT2D eigenvalue weighted by atomic mass is 35.5. The van der Waals surface area contributed by atoms with Crippen molar-refractivity contribution in [3.8, 4) is 11.5 Å². The molecule has 0 saturated heterocycles. The Bertz CT molecular complexity index is 617. The molecule has 0 fully saturated rings. The first-order valence-corrected chi connectivity index (χ1v) is 6.79. The normalized spacial score (nSPS) is 12.3. The van der Waals surface area contributed by atoms with E-state index in [9.17, 15) is 8.78 Å². The lowest BCUT2D eigenvalue weighted by Crippen LogP contribution is -2.06. The van der Waals surface area contributed by atoms with Gasteiger partial charge in [-0.2, -0.15) is 8.78 Å². The monoisotopic (exact) mass is 312 g/mol. The minimum Gasteiger partial charge on any atom is -0.496 e. The maximum absolute atomic E-state index is 12.5. The van der Waals surface area contributed by atoms with E-state index in [1.165, 1.54) is 6.07 Å². The molecule has 21 heavy (non-hydrogen) atoms. The summed E-state index contributed by atoms with van der Waals surface area (Å²) < 4.78 is 34.8. The van der Waals surface area contributed by atoms with Crippen LogP contribution in [0, 0.1) is 6.92 Å². The number of benzene rings is 2. The molecule has 0 spiro atoms. The van der Waals surface area contributed by atoms with Gasteiger partial charge in [0, 0.05) is 11.1 Å². The molecule has 0 aliphatic carbocycles. The average molecular weight is 313 g/mol. The second-order valence-electron chi connectivity index (χ2n) is 4.52. The van der Waals surface area contributed by atoms with Crippen LogP contribution in [0.1, 0.15) is 22.1 Å². The third-order valence-electron chi connectivity index (χ3n) is 3.07. The number of ether oxygens (including phenoxy) is 2. The fraction of sp³-hybridized carbons (Fsp3) is 0.250. The molecule has 2 aromatic carbocycles. The topological polar surface area (TPSA) is 18.5 Å². The lowest BCUT2D eigenvalue weighted by Gasteiger charge is -2.18. The number of alkyl halides is 3. The van der Waals surface area contributed by atoms with Gasteiger partial charge < -0.3 is 9.47 Å². The van der Waals surface area contributed by atoms with E-state index in [1.807, 2.05) is 19.1 Å². The van der Waals surface area contributed by atoms with E-state index in [-0.39, 0.29) is 5.75 Å². The standard InChI is InChI=1S/C16H15ClF2O2/c1-10-7-8-13(20-2)12(9-10)15(17)11-5-3-4-6-14(11)21-16(18)19/h3-9,15-16H,1-2H3. The zero-order valence-corrected chi connectivity index (χ0v) is 12.4. The van der Waals surface area contributed by atoms with Crippen molar-refractivity contribution in [1.82, 2.24) is 0 Å². The molecular formula is C16H15ClF2O2. The average Bonchev–Trinajstić information content (AvgIpc) is 2.46. The van der Waals surface area contributed by atoms with Crippen LogP contribution in [0.25, 0.3) is 0 Å². The molecule has 2 aromatic rings. The van der Waals surface area contributed by atoms with E-state index in [1.54, 1.807) is 31.4 Å². The van der Waals surface area contributed by atoms with E-state index >= 15 is 0 Å². The van der Waals surface area contributed by atoms with Gasteiger partial charge in [-0.05, 0) is 19.1 Å². The van der Waals surface area contributed by atoms with Crippen LogP contribution in [0.2, 0.25) is 0 Å². The molecule has 0 aliphatic heterocycles. The van der Waals surface area contributed by atoms with E-state index in [0.29, 0.717) is 16.9 Å². The van der Waals surface area contributed by atoms with Gasteiger partial charge in [0.1, 0.15) is 11.5 Å². The maximum atomic E-state index is 12.5. The van der Waals surface area contributed by atoms with Gasteiger partial charge in [-0.1, -0.05) is 35.9 Å². The Morgan fingerprint density at radius 1 is 1.00 bits per heavy atom. The van der Waals surface area contributed by atoms with Crippen molar-refractivity contribution < 1.29 is 18.3 Å². The molecule has 0 aliphatic rings. The molecule has 5 heteroatoms. The summed E-state index contributed by atoms with van der Waals surface area (Å²) in [5.41, 5.74) is 2.19. The van der Waals surface area contributed by atoms with Crippen LogP contribution in [-0.4, -0.2) is 13.7 Å². The van der Waals surface area contributed by atoms with Crippen molar-refractivity contribution in [3.63, 3.8) is 0 Å². The summed E-state index contributed by atoms with van der Waals surface area (Å²) in [5.74, 6) is 0.670. The van der Waals surface area contributed by atoms with Gasteiger partial charge in [0.05, 0.1) is 12.5 Å². The molecule has 0 radical (unpaired) electrons. The maximum Gasteiger partial charge on any atom is 0.387 e. The number of hydrogen-bond acceptors (Lipinski definition) is 2. The van der Waals surface area contributed by atoms with Crippen LogP contribution in [-0.2, 0) is 0 Å². The van der Waals surface area contributed by atoms with E-state index in [0.717, 1.165) is 5.56 Å². The number of rotatable bonds is 5. The van der Waals surface area contributed by atoms with Gasteiger partial charge in [-0.15, -0.1) is 11.6 Å². The summed E-state index contributed by atoms with van der Waals surface area (Å²) in [4.78, 5) is 0. The van der Waals surface area contributed by atoms with Crippen LogP contribution in [0.4, 0.5) is 8.78 Å². The summed E-state index contributed by atoms with van der Waals surface area (Å²) >= 11 is 6.47. The number of halogens is 3. The largest absolute Gasteiger partial charge is 0.496 e. The Morgan fingerprint density at radius 2 is 1.71 bits per heavy atom. The van der Waals surface area contributed by atoms with Crippen LogP contribution in [0.3, 0.4) is 0 Å². The van der Waals surface area contributed by atoms with Gasteiger partial charge in [-0.25, -0.2) is 0 Å².